The lowest BCUT2D eigenvalue weighted by molar-refractivity contribution is -0.290. The van der Waals surface area contributed by atoms with Gasteiger partial charge in [0.05, 0.1) is 45.3 Å². The minimum atomic E-state index is -5.20. The Kier molecular flexibility index (Phi) is 62.1. The number of aliphatic hydroxyl groups excluding tert-OH is 1. The normalized spacial score (nSPS) is 17.1. The minimum absolute atomic E-state index is 0.0190. The molecule has 1 heterocycles. The summed E-state index contributed by atoms with van der Waals surface area (Å²) >= 11 is 0. The number of phosphoric ester groups is 1. The summed E-state index contributed by atoms with van der Waals surface area (Å²) in [5, 5.41) is 32.6. The van der Waals surface area contributed by atoms with E-state index in [1.165, 1.54) is 82.1 Å². The molecular weight excluding hydrogens is 1530 g/mol. The van der Waals surface area contributed by atoms with Crippen molar-refractivity contribution in [3.8, 4) is 11.5 Å². The van der Waals surface area contributed by atoms with Crippen molar-refractivity contribution < 1.29 is 80.8 Å². The molecule has 684 valence electrons. The third kappa shape index (κ3) is 49.2. The maximum absolute atomic E-state index is 16.7. The van der Waals surface area contributed by atoms with Gasteiger partial charge in [0.25, 0.3) is 0 Å². The van der Waals surface area contributed by atoms with E-state index in [1.807, 2.05) is 30.3 Å². The molecule has 1 fully saturated rings. The predicted octanol–water partition coefficient (Wildman–Crippen LogP) is 25.2. The van der Waals surface area contributed by atoms with Crippen molar-refractivity contribution in [1.29, 1.82) is 0 Å². The number of rotatable bonds is 80. The topological polar surface area (TPSA) is 258 Å². The summed E-state index contributed by atoms with van der Waals surface area (Å²) in [5.74, 6) is -4.11. The molecule has 0 spiro atoms. The number of hydrogen-bond donors (Lipinski definition) is 4. The molecule has 0 saturated carbocycles. The first-order valence-corrected chi connectivity index (χ1v) is 50.0. The van der Waals surface area contributed by atoms with Gasteiger partial charge in [-0.1, -0.05) is 384 Å². The zero-order valence-electron chi connectivity index (χ0n) is 75.9. The number of benzene rings is 3. The van der Waals surface area contributed by atoms with E-state index in [9.17, 15) is 24.6 Å². The van der Waals surface area contributed by atoms with Gasteiger partial charge in [0, 0.05) is 31.6 Å². The molecule has 0 aromatic heterocycles. The van der Waals surface area contributed by atoms with Crippen molar-refractivity contribution in [2.45, 2.75) is 463 Å². The second-order valence-electron chi connectivity index (χ2n) is 34.4. The maximum Gasteiger partial charge on any atom is 0.588 e. The van der Waals surface area contributed by atoms with Crippen LogP contribution in [0.3, 0.4) is 0 Å². The Bertz CT molecular complexity index is 3050. The van der Waals surface area contributed by atoms with Crippen LogP contribution in [0.2, 0.25) is 0 Å². The van der Waals surface area contributed by atoms with Gasteiger partial charge in [-0.2, -0.15) is 0 Å². The van der Waals surface area contributed by atoms with E-state index in [2.05, 4.69) is 52.2 Å². The fraction of sp³-hybridized carbons (Fsp3) is 0.760. The van der Waals surface area contributed by atoms with E-state index >= 15 is 18.9 Å². The number of aliphatic hydroxyl groups is 2. The molecule has 4 rings (SSSR count). The van der Waals surface area contributed by atoms with Crippen LogP contribution in [0.5, 0.6) is 11.5 Å². The standard InChI is InChI=1S/C100H167N2O17P/c1-7-13-19-25-31-34-40-43-54-66-84(90(104)73-61-46-37-28-22-16-10-4)76-92(105)100(110)97(102-94(107)78-89(72-56-45-42-36-33-27-21-15-9-3)115-96(109)75-63-48-39-30-24-18-12-6)99(116-91(79-103)98(100)119-120(111,117-86-67-57-50-58-68-86)118-87-69-59-51-60-70-87)113-82-85(81-112-80-83-64-52-49-53-65-83)101-93(106)77-88(71-55-44-41-35-32-26-20-14-8-2)114-95(108)74-62-47-38-29-23-17-11-5/h49-53,57-60,64-65,67-70,84-85,88-89,91,97-99,103,110H,7-48,54-56,61-63,66,71-82H2,1-6H3,(H,101,106)(H,102,107)/t84-,85-,88-,89-,91-,97-,98-,99+,100-/m1/s1. The molecule has 2 amide bonds. The molecule has 120 heavy (non-hydrogen) atoms. The number of amides is 2. The summed E-state index contributed by atoms with van der Waals surface area (Å²) in [4.78, 5) is 90.3. The van der Waals surface area contributed by atoms with Crippen LogP contribution in [0.4, 0.5) is 0 Å². The van der Waals surface area contributed by atoms with Gasteiger partial charge < -0.3 is 53.6 Å². The molecule has 3 aromatic rings. The second kappa shape index (κ2) is 69.7. The molecule has 1 aliphatic heterocycles. The Labute approximate surface area is 727 Å². The average molecular weight is 1700 g/mol. The maximum atomic E-state index is 16.7. The van der Waals surface area contributed by atoms with E-state index in [4.69, 9.17) is 37.3 Å². The van der Waals surface area contributed by atoms with Crippen LogP contribution in [-0.2, 0) is 68.1 Å². The highest BCUT2D eigenvalue weighted by Gasteiger charge is 2.64. The number of carbonyl (C=O) groups excluding carboxylic acids is 6. The molecule has 0 radical (unpaired) electrons. The Morgan fingerprint density at radius 3 is 1.19 bits per heavy atom. The zero-order valence-corrected chi connectivity index (χ0v) is 76.8. The number of para-hydroxylation sites is 2. The van der Waals surface area contributed by atoms with E-state index in [1.54, 1.807) is 36.4 Å². The van der Waals surface area contributed by atoms with Gasteiger partial charge in [0.15, 0.2) is 17.7 Å². The first kappa shape index (κ1) is 107. The molecule has 1 aliphatic rings. The highest BCUT2D eigenvalue weighted by Crippen LogP contribution is 2.54. The number of ether oxygens (including phenoxy) is 5. The Hall–Kier alpha value is -5.53. The zero-order chi connectivity index (χ0) is 86.6. The lowest BCUT2D eigenvalue weighted by Gasteiger charge is -2.50. The molecule has 0 aliphatic carbocycles. The summed E-state index contributed by atoms with van der Waals surface area (Å²) in [6.07, 6.45) is 41.9. The molecule has 19 nitrogen and oxygen atoms in total. The average Bonchev–Trinajstić information content (AvgIpc) is 0.733. The van der Waals surface area contributed by atoms with Crippen LogP contribution in [0.25, 0.3) is 0 Å². The van der Waals surface area contributed by atoms with E-state index < -0.39 is 112 Å². The number of esters is 2. The largest absolute Gasteiger partial charge is 0.588 e. The number of Topliss-reactive ketones (excluding diaryl/α,β-unsaturated/α-hetero) is 2. The molecule has 4 N–H and O–H groups in total. The fourth-order valence-corrected chi connectivity index (χ4v) is 17.6. The number of carbonyl (C=O) groups is 6. The molecule has 0 unspecified atom stereocenters. The number of nitrogens with one attached hydrogen (secondary N) is 2. The summed E-state index contributed by atoms with van der Waals surface area (Å²) in [5.41, 5.74) is -2.29. The molecule has 20 heteroatoms. The minimum Gasteiger partial charge on any atom is -0.462 e. The highest BCUT2D eigenvalue weighted by atomic mass is 31.2. The summed E-state index contributed by atoms with van der Waals surface area (Å²) < 4.78 is 67.8. The first-order chi connectivity index (χ1) is 58.5. The van der Waals surface area contributed by atoms with E-state index in [0.717, 1.165) is 224 Å². The van der Waals surface area contributed by atoms with E-state index in [-0.39, 0.29) is 62.1 Å². The van der Waals surface area contributed by atoms with Gasteiger partial charge >= 0.3 is 19.8 Å². The Morgan fingerprint density at radius 1 is 0.433 bits per heavy atom. The quantitative estimate of drug-likeness (QED) is 0.0233. The van der Waals surface area contributed by atoms with Gasteiger partial charge in [-0.15, -0.1) is 0 Å². The van der Waals surface area contributed by atoms with Gasteiger partial charge in [-0.25, -0.2) is 4.57 Å². The third-order valence-electron chi connectivity index (χ3n) is 23.4. The van der Waals surface area contributed by atoms with Crippen LogP contribution in [-0.4, -0.2) is 114 Å². The summed E-state index contributed by atoms with van der Waals surface area (Å²) in [6.45, 7) is 11.6. The van der Waals surface area contributed by atoms with E-state index in [0.29, 0.717) is 51.4 Å². The SMILES string of the molecule is CCCCCCCCCCC[C@H](CC(=O)N[C@H](COCc1ccccc1)CO[C@H]1O[C@H](CO)[C@@H](OP(=O)(Oc2ccccc2)Oc2ccccc2)[C@@](O)(C(=O)C[C@@H](CCCCCCCCCCC)C(=O)CCCCCCCCC)[C@@H]1NC(=O)C[C@@H](CCCCCCCCCCC)OC(=O)CCCCCCCCC)OC(=O)CCCCCCCCC. The first-order valence-electron chi connectivity index (χ1n) is 48.6. The van der Waals surface area contributed by atoms with Crippen molar-refractivity contribution in [2.75, 3.05) is 19.8 Å². The van der Waals surface area contributed by atoms with Crippen molar-refractivity contribution in [1.82, 2.24) is 10.6 Å². The highest BCUT2D eigenvalue weighted by molar-refractivity contribution is 7.49. The smallest absolute Gasteiger partial charge is 0.462 e. The molecule has 0 bridgehead atoms. The molecule has 9 atom stereocenters. The monoisotopic (exact) mass is 1700 g/mol. The Morgan fingerprint density at radius 2 is 0.792 bits per heavy atom. The van der Waals surface area contributed by atoms with Gasteiger partial charge in [-0.3, -0.25) is 33.3 Å². The molecular formula is C100H167N2O17P. The lowest BCUT2D eigenvalue weighted by Crippen LogP contribution is -2.75. The van der Waals surface area contributed by atoms with Crippen LogP contribution in [0, 0.1) is 5.92 Å². The van der Waals surface area contributed by atoms with Gasteiger partial charge in [0.1, 0.15) is 47.7 Å². The number of phosphoric acid groups is 1. The van der Waals surface area contributed by atoms with Crippen molar-refractivity contribution in [2.24, 2.45) is 5.92 Å². The number of hydrogen-bond acceptors (Lipinski definition) is 17. The molecule has 3 aromatic carbocycles. The van der Waals surface area contributed by atoms with Gasteiger partial charge in [0.2, 0.25) is 11.8 Å². The number of unbranched alkanes of at least 4 members (excludes halogenated alkanes) is 42. The Balaban J connectivity index is 1.94. The van der Waals surface area contributed by atoms with Crippen LogP contribution >= 0.6 is 7.82 Å². The summed E-state index contributed by atoms with van der Waals surface area (Å²) in [7, 11) is -5.20. The van der Waals surface area contributed by atoms with Crippen molar-refractivity contribution in [3.63, 3.8) is 0 Å². The fourth-order valence-electron chi connectivity index (χ4n) is 16.2. The second-order valence-corrected chi connectivity index (χ2v) is 35.8. The predicted molar refractivity (Wildman–Crippen MR) is 484 cm³/mol. The van der Waals surface area contributed by atoms with Crippen LogP contribution in [0.1, 0.15) is 413 Å². The number of ketones is 2. The molecule has 1 saturated heterocycles. The van der Waals surface area contributed by atoms with Crippen molar-refractivity contribution in [3.05, 3.63) is 96.6 Å². The van der Waals surface area contributed by atoms with Crippen LogP contribution in [0.15, 0.2) is 91.0 Å². The van der Waals surface area contributed by atoms with Crippen LogP contribution < -0.4 is 19.7 Å². The summed E-state index contributed by atoms with van der Waals surface area (Å²) in [6, 6.07) is 22.6. The third-order valence-corrected chi connectivity index (χ3v) is 24.8. The van der Waals surface area contributed by atoms with Crippen molar-refractivity contribution >= 4 is 43.1 Å². The lowest BCUT2D eigenvalue weighted by atomic mass is 9.75. The van der Waals surface area contributed by atoms with Gasteiger partial charge in [-0.05, 0) is 81.2 Å².